The lowest BCUT2D eigenvalue weighted by molar-refractivity contribution is 0.0917. The van der Waals surface area contributed by atoms with Gasteiger partial charge < -0.3 is 19.9 Å². The van der Waals surface area contributed by atoms with E-state index in [1.54, 1.807) is 0 Å². The van der Waals surface area contributed by atoms with Crippen LogP contribution in [0.2, 0.25) is 0 Å². The Kier molecular flexibility index (Phi) is 10.4. The number of rotatable bonds is 8. The molecule has 1 aliphatic carbocycles. The molecule has 5 nitrogen and oxygen atoms in total. The molecular formula is C23H42N4OS. The molecule has 2 rings (SSSR count). The van der Waals surface area contributed by atoms with Crippen LogP contribution < -0.4 is 5.32 Å². The van der Waals surface area contributed by atoms with Crippen molar-refractivity contribution in [3.63, 3.8) is 0 Å². The van der Waals surface area contributed by atoms with E-state index in [9.17, 15) is 0 Å². The number of hydrogen-bond acceptors (Lipinski definition) is 4. The maximum Gasteiger partial charge on any atom is 0.201 e. The Morgan fingerprint density at radius 1 is 1.17 bits per heavy atom. The number of hydrogen-bond donors (Lipinski definition) is 1. The van der Waals surface area contributed by atoms with Gasteiger partial charge in [0, 0.05) is 19.5 Å². The first-order chi connectivity index (χ1) is 13.9. The highest BCUT2D eigenvalue weighted by atomic mass is 32.1. The largest absolute Gasteiger partial charge is 0.476 e. The minimum absolute atomic E-state index is 0.310. The summed E-state index contributed by atoms with van der Waals surface area (Å²) in [6.07, 6.45) is 12.0. The van der Waals surface area contributed by atoms with Crippen molar-refractivity contribution >= 4 is 23.2 Å². The Morgan fingerprint density at radius 2 is 1.86 bits per heavy atom. The zero-order chi connectivity index (χ0) is 21.2. The standard InChI is InChI=1S/C23H42N4OS/c1-6-26(4)17-11-12-19(3)27(5)21-16-15-18(2)22(25-23(29)24-21)28-20-13-9-7-8-10-14-20/h19-20H,6-17H2,1-5H3,(H,25,29)/b22-18?,24-21+. The summed E-state index contributed by atoms with van der Waals surface area (Å²) in [5, 5.41) is 3.81. The highest BCUT2D eigenvalue weighted by Crippen LogP contribution is 2.24. The number of nitrogens with zero attached hydrogens (tertiary/aromatic N) is 3. The molecule has 0 saturated heterocycles. The highest BCUT2D eigenvalue weighted by molar-refractivity contribution is 7.80. The molecule has 1 atom stereocenters. The van der Waals surface area contributed by atoms with Gasteiger partial charge in [-0.15, -0.1) is 0 Å². The van der Waals surface area contributed by atoms with Crippen LogP contribution in [0.5, 0.6) is 0 Å². The van der Waals surface area contributed by atoms with Crippen LogP contribution in [0, 0.1) is 0 Å². The fraction of sp³-hybridized carbons (Fsp3) is 0.826. The van der Waals surface area contributed by atoms with E-state index < -0.39 is 0 Å². The van der Waals surface area contributed by atoms with Gasteiger partial charge in [0.05, 0.1) is 0 Å². The molecule has 29 heavy (non-hydrogen) atoms. The first-order valence-electron chi connectivity index (χ1n) is 11.6. The molecule has 0 aromatic heterocycles. The predicted octanol–water partition coefficient (Wildman–Crippen LogP) is 5.08. The van der Waals surface area contributed by atoms with Crippen LogP contribution >= 0.6 is 12.2 Å². The van der Waals surface area contributed by atoms with E-state index in [4.69, 9.17) is 21.9 Å². The zero-order valence-corrected chi connectivity index (χ0v) is 20.1. The normalized spacial score (nSPS) is 22.3. The van der Waals surface area contributed by atoms with Gasteiger partial charge in [0.1, 0.15) is 11.9 Å². The van der Waals surface area contributed by atoms with E-state index in [0.717, 1.165) is 56.9 Å². The molecule has 0 bridgehead atoms. The van der Waals surface area contributed by atoms with E-state index in [1.165, 1.54) is 37.7 Å². The van der Waals surface area contributed by atoms with Gasteiger partial charge in [0.25, 0.3) is 0 Å². The van der Waals surface area contributed by atoms with E-state index >= 15 is 0 Å². The zero-order valence-electron chi connectivity index (χ0n) is 19.3. The van der Waals surface area contributed by atoms with Gasteiger partial charge in [-0.3, -0.25) is 0 Å². The average molecular weight is 423 g/mol. The number of ether oxygens (including phenoxy) is 1. The number of amidine groups is 1. The van der Waals surface area contributed by atoms with Crippen molar-refractivity contribution in [1.29, 1.82) is 0 Å². The maximum atomic E-state index is 6.35. The summed E-state index contributed by atoms with van der Waals surface area (Å²) >= 11 is 5.55. The fourth-order valence-corrected chi connectivity index (χ4v) is 4.19. The Morgan fingerprint density at radius 3 is 2.52 bits per heavy atom. The molecule has 0 aromatic rings. The van der Waals surface area contributed by atoms with Crippen LogP contribution in [-0.2, 0) is 4.74 Å². The second kappa shape index (κ2) is 12.5. The molecule has 6 heteroatoms. The summed E-state index contributed by atoms with van der Waals surface area (Å²) in [5.41, 5.74) is 1.25. The van der Waals surface area contributed by atoms with E-state index in [0.29, 0.717) is 17.3 Å². The molecule has 1 saturated carbocycles. The van der Waals surface area contributed by atoms with Crippen molar-refractivity contribution in [1.82, 2.24) is 15.1 Å². The molecule has 0 radical (unpaired) electrons. The summed E-state index contributed by atoms with van der Waals surface area (Å²) in [5.74, 6) is 1.93. The van der Waals surface area contributed by atoms with Gasteiger partial charge in [-0.2, -0.15) is 0 Å². The topological polar surface area (TPSA) is 40.1 Å². The number of aliphatic imine (C=N–C) groups is 1. The summed E-state index contributed by atoms with van der Waals surface area (Å²) in [4.78, 5) is 9.43. The van der Waals surface area contributed by atoms with Crippen LogP contribution in [0.15, 0.2) is 16.4 Å². The third-order valence-electron chi connectivity index (χ3n) is 6.42. The average Bonchev–Trinajstić information content (AvgIpc) is 2.97. The quantitative estimate of drug-likeness (QED) is 0.436. The van der Waals surface area contributed by atoms with E-state index in [1.807, 2.05) is 0 Å². The highest BCUT2D eigenvalue weighted by Gasteiger charge is 2.21. The molecule has 1 fully saturated rings. The Hall–Kier alpha value is -1.14. The number of thiocarbonyl (C=S) groups is 1. The first kappa shape index (κ1) is 24.1. The van der Waals surface area contributed by atoms with Crippen molar-refractivity contribution in [2.24, 2.45) is 4.99 Å². The van der Waals surface area contributed by atoms with Crippen LogP contribution in [0.1, 0.15) is 85.0 Å². The lowest BCUT2D eigenvalue weighted by Gasteiger charge is -2.30. The van der Waals surface area contributed by atoms with E-state index in [2.05, 4.69) is 50.0 Å². The van der Waals surface area contributed by atoms with Crippen LogP contribution in [0.3, 0.4) is 0 Å². The molecule has 2 aliphatic rings. The molecule has 0 aromatic carbocycles. The van der Waals surface area contributed by atoms with Gasteiger partial charge in [-0.05, 0) is 96.7 Å². The predicted molar refractivity (Wildman–Crippen MR) is 127 cm³/mol. The van der Waals surface area contributed by atoms with Crippen molar-refractivity contribution < 1.29 is 4.74 Å². The van der Waals surface area contributed by atoms with Gasteiger partial charge in [-0.1, -0.05) is 19.8 Å². The molecule has 1 heterocycles. The Bertz CT molecular complexity index is 581. The summed E-state index contributed by atoms with van der Waals surface area (Å²) in [7, 11) is 4.33. The summed E-state index contributed by atoms with van der Waals surface area (Å²) < 4.78 is 6.35. The Labute approximate surface area is 184 Å². The van der Waals surface area contributed by atoms with E-state index in [-0.39, 0.29) is 0 Å². The third kappa shape index (κ3) is 8.25. The van der Waals surface area contributed by atoms with Crippen LogP contribution in [-0.4, -0.2) is 60.1 Å². The van der Waals surface area contributed by atoms with Crippen molar-refractivity contribution in [3.05, 3.63) is 11.5 Å². The minimum atomic E-state index is 0.310. The minimum Gasteiger partial charge on any atom is -0.476 e. The fourth-order valence-electron chi connectivity index (χ4n) is 3.99. The molecule has 0 amide bonds. The molecule has 0 spiro atoms. The second-order valence-electron chi connectivity index (χ2n) is 8.80. The van der Waals surface area contributed by atoms with Crippen LogP contribution in [0.25, 0.3) is 0 Å². The first-order valence-corrected chi connectivity index (χ1v) is 12.0. The monoisotopic (exact) mass is 422 g/mol. The van der Waals surface area contributed by atoms with Crippen molar-refractivity contribution in [3.8, 4) is 0 Å². The van der Waals surface area contributed by atoms with Gasteiger partial charge in [0.15, 0.2) is 5.88 Å². The lowest BCUT2D eigenvalue weighted by atomic mass is 10.1. The molecule has 1 aliphatic heterocycles. The lowest BCUT2D eigenvalue weighted by Crippen LogP contribution is -2.38. The van der Waals surface area contributed by atoms with Gasteiger partial charge >= 0.3 is 0 Å². The van der Waals surface area contributed by atoms with Crippen molar-refractivity contribution in [2.45, 2.75) is 97.1 Å². The number of allylic oxidation sites excluding steroid dienone is 1. The van der Waals surface area contributed by atoms with Gasteiger partial charge in [-0.25, -0.2) is 4.99 Å². The summed E-state index contributed by atoms with van der Waals surface area (Å²) in [6, 6.07) is 0.451. The van der Waals surface area contributed by atoms with Gasteiger partial charge in [0.2, 0.25) is 5.11 Å². The third-order valence-corrected chi connectivity index (χ3v) is 6.61. The molecule has 1 N–H and O–H groups in total. The second-order valence-corrected chi connectivity index (χ2v) is 9.18. The van der Waals surface area contributed by atoms with Crippen molar-refractivity contribution in [2.75, 3.05) is 27.2 Å². The molecule has 166 valence electrons. The molecular weight excluding hydrogens is 380 g/mol. The SMILES string of the molecule is CCN(C)CCCC(C)N(C)/C1=N/C(=S)NC(OC2CCCCCC2)=C(C)CC1. The smallest absolute Gasteiger partial charge is 0.201 e. The number of nitrogens with one attached hydrogen (secondary N) is 1. The summed E-state index contributed by atoms with van der Waals surface area (Å²) in [6.45, 7) is 8.90. The van der Waals surface area contributed by atoms with Crippen LogP contribution in [0.4, 0.5) is 0 Å². The maximum absolute atomic E-state index is 6.35. The molecule has 1 unspecified atom stereocenters. The Balaban J connectivity index is 1.92.